The van der Waals surface area contributed by atoms with E-state index in [2.05, 4.69) is 11.8 Å². The average molecular weight is 276 g/mol. The van der Waals surface area contributed by atoms with Crippen LogP contribution in [0, 0.1) is 0 Å². The van der Waals surface area contributed by atoms with Crippen molar-refractivity contribution in [2.75, 3.05) is 23.8 Å². The average Bonchev–Trinajstić information content (AvgIpc) is 2.95. The lowest BCUT2D eigenvalue weighted by molar-refractivity contribution is 0.0527. The van der Waals surface area contributed by atoms with E-state index in [1.165, 1.54) is 25.7 Å². The number of nitrogens with zero attached hydrogens (tertiary/aromatic N) is 1. The standard InChI is InChI=1S/C16H24N2O2/c1-3-18(13-7-5-6-8-13)15-10-9-12(17)11-14(15)16(19)20-4-2/h9-11,13H,3-8,17H2,1-2H3. The third-order valence-corrected chi connectivity index (χ3v) is 3.93. The highest BCUT2D eigenvalue weighted by atomic mass is 16.5. The molecule has 0 radical (unpaired) electrons. The molecule has 0 saturated heterocycles. The predicted molar refractivity (Wildman–Crippen MR) is 82.1 cm³/mol. The summed E-state index contributed by atoms with van der Waals surface area (Å²) in [4.78, 5) is 14.5. The second-order valence-corrected chi connectivity index (χ2v) is 5.22. The Hall–Kier alpha value is -1.71. The summed E-state index contributed by atoms with van der Waals surface area (Å²) in [7, 11) is 0. The normalized spacial score (nSPS) is 15.3. The Bertz CT molecular complexity index is 468. The van der Waals surface area contributed by atoms with Crippen LogP contribution in [-0.2, 0) is 4.74 Å². The van der Waals surface area contributed by atoms with Crippen LogP contribution in [0.3, 0.4) is 0 Å². The molecular weight excluding hydrogens is 252 g/mol. The van der Waals surface area contributed by atoms with Crippen LogP contribution in [0.2, 0.25) is 0 Å². The summed E-state index contributed by atoms with van der Waals surface area (Å²) < 4.78 is 5.16. The molecular formula is C16H24N2O2. The molecule has 1 aliphatic rings. The minimum Gasteiger partial charge on any atom is -0.462 e. The van der Waals surface area contributed by atoms with E-state index in [4.69, 9.17) is 10.5 Å². The summed E-state index contributed by atoms with van der Waals surface area (Å²) in [6.45, 7) is 5.21. The summed E-state index contributed by atoms with van der Waals surface area (Å²) in [6, 6.07) is 6.06. The van der Waals surface area contributed by atoms with E-state index >= 15 is 0 Å². The molecule has 110 valence electrons. The first-order chi connectivity index (χ1) is 9.67. The van der Waals surface area contributed by atoms with E-state index in [1.807, 2.05) is 19.1 Å². The van der Waals surface area contributed by atoms with Gasteiger partial charge in [0.1, 0.15) is 0 Å². The van der Waals surface area contributed by atoms with Crippen LogP contribution in [-0.4, -0.2) is 25.2 Å². The lowest BCUT2D eigenvalue weighted by atomic mass is 10.1. The second kappa shape index (κ2) is 6.64. The molecule has 1 aromatic rings. The molecule has 2 rings (SSSR count). The molecule has 0 bridgehead atoms. The number of hydrogen-bond donors (Lipinski definition) is 1. The van der Waals surface area contributed by atoms with Crippen LogP contribution in [0.5, 0.6) is 0 Å². The van der Waals surface area contributed by atoms with Gasteiger partial charge in [-0.2, -0.15) is 0 Å². The molecule has 1 aromatic carbocycles. The molecule has 0 heterocycles. The van der Waals surface area contributed by atoms with Gasteiger partial charge in [0, 0.05) is 18.3 Å². The van der Waals surface area contributed by atoms with E-state index in [-0.39, 0.29) is 5.97 Å². The van der Waals surface area contributed by atoms with E-state index in [1.54, 1.807) is 6.07 Å². The third kappa shape index (κ3) is 3.06. The molecule has 4 heteroatoms. The Labute approximate surface area is 120 Å². The number of benzene rings is 1. The molecule has 0 unspecified atom stereocenters. The van der Waals surface area contributed by atoms with Crippen molar-refractivity contribution in [2.24, 2.45) is 0 Å². The smallest absolute Gasteiger partial charge is 0.340 e. The molecule has 0 aliphatic heterocycles. The number of esters is 1. The zero-order valence-corrected chi connectivity index (χ0v) is 12.4. The molecule has 20 heavy (non-hydrogen) atoms. The molecule has 0 aromatic heterocycles. The quantitative estimate of drug-likeness (QED) is 0.662. The minimum atomic E-state index is -0.286. The van der Waals surface area contributed by atoms with Gasteiger partial charge in [0.25, 0.3) is 0 Å². The molecule has 2 N–H and O–H groups in total. The number of nitrogen functional groups attached to an aromatic ring is 1. The van der Waals surface area contributed by atoms with Gasteiger partial charge in [0.15, 0.2) is 0 Å². The van der Waals surface area contributed by atoms with Crippen molar-refractivity contribution >= 4 is 17.3 Å². The Morgan fingerprint density at radius 2 is 2.05 bits per heavy atom. The second-order valence-electron chi connectivity index (χ2n) is 5.22. The number of carbonyl (C=O) groups is 1. The van der Waals surface area contributed by atoms with Crippen LogP contribution in [0.15, 0.2) is 18.2 Å². The molecule has 1 aliphatic carbocycles. The van der Waals surface area contributed by atoms with E-state index in [9.17, 15) is 4.79 Å². The molecule has 0 spiro atoms. The zero-order valence-electron chi connectivity index (χ0n) is 12.4. The monoisotopic (exact) mass is 276 g/mol. The first-order valence-corrected chi connectivity index (χ1v) is 7.50. The van der Waals surface area contributed by atoms with Gasteiger partial charge in [-0.15, -0.1) is 0 Å². The SMILES string of the molecule is CCOC(=O)c1cc(N)ccc1N(CC)C1CCCC1. The number of hydrogen-bond acceptors (Lipinski definition) is 4. The third-order valence-electron chi connectivity index (χ3n) is 3.93. The maximum absolute atomic E-state index is 12.1. The van der Waals surface area contributed by atoms with Gasteiger partial charge in [-0.05, 0) is 44.9 Å². The van der Waals surface area contributed by atoms with Gasteiger partial charge in [-0.3, -0.25) is 0 Å². The van der Waals surface area contributed by atoms with Gasteiger partial charge >= 0.3 is 5.97 Å². The summed E-state index contributed by atoms with van der Waals surface area (Å²) >= 11 is 0. The van der Waals surface area contributed by atoms with Crippen LogP contribution >= 0.6 is 0 Å². The van der Waals surface area contributed by atoms with Crippen molar-refractivity contribution in [1.29, 1.82) is 0 Å². The highest BCUT2D eigenvalue weighted by Crippen LogP contribution is 2.31. The largest absolute Gasteiger partial charge is 0.462 e. The zero-order chi connectivity index (χ0) is 14.5. The molecule has 1 saturated carbocycles. The number of ether oxygens (including phenoxy) is 1. The highest BCUT2D eigenvalue weighted by molar-refractivity contribution is 5.97. The fourth-order valence-corrected chi connectivity index (χ4v) is 3.02. The van der Waals surface area contributed by atoms with E-state index < -0.39 is 0 Å². The molecule has 4 nitrogen and oxygen atoms in total. The Balaban J connectivity index is 2.35. The fourth-order valence-electron chi connectivity index (χ4n) is 3.02. The van der Waals surface area contributed by atoms with Crippen molar-refractivity contribution in [3.8, 4) is 0 Å². The van der Waals surface area contributed by atoms with Crippen LogP contribution in [0.1, 0.15) is 49.9 Å². The van der Waals surface area contributed by atoms with Gasteiger partial charge in [-0.1, -0.05) is 12.8 Å². The van der Waals surface area contributed by atoms with E-state index in [0.717, 1.165) is 12.2 Å². The topological polar surface area (TPSA) is 55.6 Å². The number of anilines is 2. The van der Waals surface area contributed by atoms with Crippen molar-refractivity contribution < 1.29 is 9.53 Å². The number of rotatable bonds is 5. The number of carbonyl (C=O) groups excluding carboxylic acids is 1. The van der Waals surface area contributed by atoms with Crippen LogP contribution in [0.4, 0.5) is 11.4 Å². The van der Waals surface area contributed by atoms with Crippen molar-refractivity contribution in [3.05, 3.63) is 23.8 Å². The maximum atomic E-state index is 12.1. The molecule has 1 fully saturated rings. The first-order valence-electron chi connectivity index (χ1n) is 7.50. The van der Waals surface area contributed by atoms with Crippen molar-refractivity contribution in [3.63, 3.8) is 0 Å². The predicted octanol–water partition coefficient (Wildman–Crippen LogP) is 3.21. The van der Waals surface area contributed by atoms with Crippen molar-refractivity contribution in [2.45, 2.75) is 45.6 Å². The number of nitrogens with two attached hydrogens (primary N) is 1. The van der Waals surface area contributed by atoms with Crippen LogP contribution in [0.25, 0.3) is 0 Å². The highest BCUT2D eigenvalue weighted by Gasteiger charge is 2.25. The minimum absolute atomic E-state index is 0.286. The molecule has 0 amide bonds. The Morgan fingerprint density at radius 3 is 2.65 bits per heavy atom. The Morgan fingerprint density at radius 1 is 1.35 bits per heavy atom. The van der Waals surface area contributed by atoms with Gasteiger partial charge < -0.3 is 15.4 Å². The Kier molecular flexibility index (Phi) is 4.88. The van der Waals surface area contributed by atoms with Crippen LogP contribution < -0.4 is 10.6 Å². The summed E-state index contributed by atoms with van der Waals surface area (Å²) in [5.41, 5.74) is 7.96. The summed E-state index contributed by atoms with van der Waals surface area (Å²) in [5, 5.41) is 0. The summed E-state index contributed by atoms with van der Waals surface area (Å²) in [6.07, 6.45) is 4.93. The maximum Gasteiger partial charge on any atom is 0.340 e. The molecule has 0 atom stereocenters. The fraction of sp³-hybridized carbons (Fsp3) is 0.562. The van der Waals surface area contributed by atoms with Crippen molar-refractivity contribution in [1.82, 2.24) is 0 Å². The van der Waals surface area contributed by atoms with E-state index in [0.29, 0.717) is 23.9 Å². The lowest BCUT2D eigenvalue weighted by Gasteiger charge is -2.31. The summed E-state index contributed by atoms with van der Waals surface area (Å²) in [5.74, 6) is -0.286. The van der Waals surface area contributed by atoms with Gasteiger partial charge in [0.2, 0.25) is 0 Å². The lowest BCUT2D eigenvalue weighted by Crippen LogP contribution is -2.34. The van der Waals surface area contributed by atoms with Gasteiger partial charge in [-0.25, -0.2) is 4.79 Å². The van der Waals surface area contributed by atoms with Gasteiger partial charge in [0.05, 0.1) is 17.9 Å². The first kappa shape index (κ1) is 14.7.